The summed E-state index contributed by atoms with van der Waals surface area (Å²) in [5, 5.41) is 15.9. The van der Waals surface area contributed by atoms with E-state index in [4.69, 9.17) is 12.2 Å². The molecule has 5 nitrogen and oxygen atoms in total. The number of thiophene rings is 2. The van der Waals surface area contributed by atoms with Crippen molar-refractivity contribution in [2.75, 3.05) is 0 Å². The molecule has 0 radical (unpaired) electrons. The van der Waals surface area contributed by atoms with E-state index in [1.54, 1.807) is 27.2 Å². The van der Waals surface area contributed by atoms with Crippen LogP contribution >= 0.6 is 34.9 Å². The van der Waals surface area contributed by atoms with Crippen molar-refractivity contribution in [3.63, 3.8) is 0 Å². The van der Waals surface area contributed by atoms with Crippen LogP contribution in [0.2, 0.25) is 0 Å². The summed E-state index contributed by atoms with van der Waals surface area (Å²) in [5.41, 5.74) is 1.10. The molecular formula is C14H14N4OS3. The molecule has 0 saturated heterocycles. The van der Waals surface area contributed by atoms with Gasteiger partial charge in [0, 0.05) is 6.54 Å². The van der Waals surface area contributed by atoms with Gasteiger partial charge in [-0.2, -0.15) is 16.4 Å². The number of amides is 1. The molecule has 8 heteroatoms. The molecule has 3 heterocycles. The molecule has 22 heavy (non-hydrogen) atoms. The molecule has 0 aromatic carbocycles. The fourth-order valence-corrected chi connectivity index (χ4v) is 3.76. The lowest BCUT2D eigenvalue weighted by Crippen LogP contribution is -2.30. The van der Waals surface area contributed by atoms with Crippen molar-refractivity contribution in [3.8, 4) is 10.7 Å². The zero-order valence-electron chi connectivity index (χ0n) is 11.8. The van der Waals surface area contributed by atoms with Crippen LogP contribution in [-0.4, -0.2) is 20.7 Å². The fraction of sp³-hybridized carbons (Fsp3) is 0.214. The van der Waals surface area contributed by atoms with E-state index in [-0.39, 0.29) is 5.91 Å². The molecule has 1 atom stereocenters. The summed E-state index contributed by atoms with van der Waals surface area (Å²) < 4.78 is 2.20. The van der Waals surface area contributed by atoms with Crippen molar-refractivity contribution in [3.05, 3.63) is 44.7 Å². The lowest BCUT2D eigenvalue weighted by Gasteiger charge is -2.15. The molecule has 3 aromatic heterocycles. The highest BCUT2D eigenvalue weighted by atomic mass is 32.1. The SMILES string of the molecule is CC(C(=O)NCc1ccsc1)n1c(-c2cccs2)n[nH]c1=S. The summed E-state index contributed by atoms with van der Waals surface area (Å²) in [7, 11) is 0. The smallest absolute Gasteiger partial charge is 0.243 e. The van der Waals surface area contributed by atoms with Crippen LogP contribution in [-0.2, 0) is 11.3 Å². The maximum Gasteiger partial charge on any atom is 0.243 e. The Labute approximate surface area is 140 Å². The van der Waals surface area contributed by atoms with Gasteiger partial charge >= 0.3 is 0 Å². The molecule has 0 spiro atoms. The Morgan fingerprint density at radius 2 is 2.36 bits per heavy atom. The van der Waals surface area contributed by atoms with E-state index in [0.717, 1.165) is 10.4 Å². The Balaban J connectivity index is 1.80. The van der Waals surface area contributed by atoms with Crippen LogP contribution in [0, 0.1) is 4.77 Å². The van der Waals surface area contributed by atoms with Gasteiger partial charge in [-0.25, -0.2) is 0 Å². The molecular weight excluding hydrogens is 336 g/mol. The predicted octanol–water partition coefficient (Wildman–Crippen LogP) is 3.61. The number of hydrogen-bond donors (Lipinski definition) is 2. The third kappa shape index (κ3) is 3.03. The summed E-state index contributed by atoms with van der Waals surface area (Å²) >= 11 is 8.46. The van der Waals surface area contributed by atoms with E-state index in [0.29, 0.717) is 17.1 Å². The van der Waals surface area contributed by atoms with Crippen molar-refractivity contribution in [1.82, 2.24) is 20.1 Å². The van der Waals surface area contributed by atoms with Crippen LogP contribution in [0.25, 0.3) is 10.7 Å². The number of H-pyrrole nitrogens is 1. The van der Waals surface area contributed by atoms with Crippen LogP contribution < -0.4 is 5.32 Å². The Morgan fingerprint density at radius 1 is 1.50 bits per heavy atom. The van der Waals surface area contributed by atoms with Gasteiger partial charge < -0.3 is 5.32 Å². The van der Waals surface area contributed by atoms with Gasteiger partial charge in [-0.15, -0.1) is 11.3 Å². The van der Waals surface area contributed by atoms with Gasteiger partial charge in [0.2, 0.25) is 5.91 Å². The van der Waals surface area contributed by atoms with Crippen molar-refractivity contribution < 1.29 is 4.79 Å². The molecule has 0 fully saturated rings. The first-order valence-corrected chi connectivity index (χ1v) is 8.89. The summed E-state index contributed by atoms with van der Waals surface area (Å²) in [6, 6.07) is 5.48. The van der Waals surface area contributed by atoms with Gasteiger partial charge in [-0.1, -0.05) is 6.07 Å². The first-order chi connectivity index (χ1) is 10.7. The zero-order chi connectivity index (χ0) is 15.5. The fourth-order valence-electron chi connectivity index (χ4n) is 2.09. The number of carbonyl (C=O) groups excluding carboxylic acids is 1. The highest BCUT2D eigenvalue weighted by molar-refractivity contribution is 7.71. The van der Waals surface area contributed by atoms with Crippen LogP contribution in [0.4, 0.5) is 0 Å². The van der Waals surface area contributed by atoms with Crippen molar-refractivity contribution in [1.29, 1.82) is 0 Å². The number of nitrogens with zero attached hydrogens (tertiary/aromatic N) is 2. The van der Waals surface area contributed by atoms with Crippen molar-refractivity contribution in [2.24, 2.45) is 0 Å². The van der Waals surface area contributed by atoms with E-state index in [9.17, 15) is 4.79 Å². The molecule has 1 unspecified atom stereocenters. The van der Waals surface area contributed by atoms with Gasteiger partial charge in [0.25, 0.3) is 0 Å². The topological polar surface area (TPSA) is 62.7 Å². The second-order valence-corrected chi connectivity index (χ2v) is 6.84. The summed E-state index contributed by atoms with van der Waals surface area (Å²) in [5.74, 6) is 0.611. The Kier molecular flexibility index (Phi) is 4.51. The highest BCUT2D eigenvalue weighted by Crippen LogP contribution is 2.25. The Hall–Kier alpha value is -1.77. The first-order valence-electron chi connectivity index (χ1n) is 6.66. The van der Waals surface area contributed by atoms with Crippen LogP contribution in [0.1, 0.15) is 18.5 Å². The van der Waals surface area contributed by atoms with Crippen molar-refractivity contribution >= 4 is 40.8 Å². The molecule has 0 bridgehead atoms. The first kappa shape index (κ1) is 15.1. The third-order valence-corrected chi connectivity index (χ3v) is 5.15. The Bertz CT molecular complexity index is 802. The lowest BCUT2D eigenvalue weighted by molar-refractivity contribution is -0.124. The maximum absolute atomic E-state index is 12.4. The lowest BCUT2D eigenvalue weighted by atomic mass is 10.2. The second kappa shape index (κ2) is 6.55. The normalized spacial score (nSPS) is 12.2. The predicted molar refractivity (Wildman–Crippen MR) is 91.6 cm³/mol. The van der Waals surface area contributed by atoms with Crippen LogP contribution in [0.5, 0.6) is 0 Å². The summed E-state index contributed by atoms with van der Waals surface area (Å²) in [4.78, 5) is 13.4. The molecule has 3 aromatic rings. The molecule has 0 aliphatic heterocycles. The minimum atomic E-state index is -0.429. The second-order valence-electron chi connectivity index (χ2n) is 4.73. The third-order valence-electron chi connectivity index (χ3n) is 3.26. The largest absolute Gasteiger partial charge is 0.350 e. The maximum atomic E-state index is 12.4. The molecule has 2 N–H and O–H groups in total. The monoisotopic (exact) mass is 350 g/mol. The van der Waals surface area contributed by atoms with Gasteiger partial charge in [-0.3, -0.25) is 14.5 Å². The standard InChI is InChI=1S/C14H14N4OS3/c1-9(13(19)15-7-10-4-6-21-8-10)18-12(16-17-14(18)20)11-3-2-5-22-11/h2-6,8-9H,7H2,1H3,(H,15,19)(H,17,20). The molecule has 3 rings (SSSR count). The van der Waals surface area contributed by atoms with E-state index in [2.05, 4.69) is 15.5 Å². The van der Waals surface area contributed by atoms with E-state index in [1.807, 2.05) is 41.3 Å². The summed E-state index contributed by atoms with van der Waals surface area (Å²) in [6.45, 7) is 2.34. The average molecular weight is 350 g/mol. The highest BCUT2D eigenvalue weighted by Gasteiger charge is 2.21. The number of carbonyl (C=O) groups is 1. The van der Waals surface area contributed by atoms with E-state index < -0.39 is 6.04 Å². The average Bonchev–Trinajstić information content (AvgIpc) is 3.25. The minimum absolute atomic E-state index is 0.0819. The van der Waals surface area contributed by atoms with Gasteiger partial charge in [0.15, 0.2) is 10.6 Å². The number of hydrogen-bond acceptors (Lipinski definition) is 5. The number of nitrogens with one attached hydrogen (secondary N) is 2. The Morgan fingerprint density at radius 3 is 3.05 bits per heavy atom. The van der Waals surface area contributed by atoms with Crippen LogP contribution in [0.15, 0.2) is 34.3 Å². The molecule has 114 valence electrons. The molecule has 0 aliphatic carbocycles. The van der Waals surface area contributed by atoms with Gasteiger partial charge in [-0.05, 0) is 53.0 Å². The molecule has 0 aliphatic rings. The summed E-state index contributed by atoms with van der Waals surface area (Å²) in [6.07, 6.45) is 0. The molecule has 0 saturated carbocycles. The number of aromatic amines is 1. The van der Waals surface area contributed by atoms with E-state index >= 15 is 0 Å². The molecule has 1 amide bonds. The number of aromatic nitrogens is 3. The minimum Gasteiger partial charge on any atom is -0.350 e. The van der Waals surface area contributed by atoms with Crippen LogP contribution in [0.3, 0.4) is 0 Å². The van der Waals surface area contributed by atoms with Crippen molar-refractivity contribution in [2.45, 2.75) is 19.5 Å². The zero-order valence-corrected chi connectivity index (χ0v) is 14.2. The quantitative estimate of drug-likeness (QED) is 0.691. The number of rotatable bonds is 5. The van der Waals surface area contributed by atoms with Gasteiger partial charge in [0.1, 0.15) is 6.04 Å². The van der Waals surface area contributed by atoms with Gasteiger partial charge in [0.05, 0.1) is 4.88 Å². The van der Waals surface area contributed by atoms with E-state index in [1.165, 1.54) is 0 Å².